The van der Waals surface area contributed by atoms with Crippen molar-refractivity contribution in [3.8, 4) is 61.3 Å². The summed E-state index contributed by atoms with van der Waals surface area (Å²) in [6, 6.07) is 69.2. The van der Waals surface area contributed by atoms with Gasteiger partial charge in [0.25, 0.3) is 0 Å². The Kier molecular flexibility index (Phi) is 6.72. The van der Waals surface area contributed by atoms with Gasteiger partial charge in [0.1, 0.15) is 0 Å². The van der Waals surface area contributed by atoms with Crippen LogP contribution in [0.15, 0.2) is 188 Å². The highest BCUT2D eigenvalue weighted by atomic mass is 15.0. The second kappa shape index (κ2) is 11.9. The van der Waals surface area contributed by atoms with Gasteiger partial charge in [0.05, 0.1) is 16.7 Å². The van der Waals surface area contributed by atoms with E-state index in [1.165, 1.54) is 105 Å². The van der Waals surface area contributed by atoms with Gasteiger partial charge >= 0.3 is 0 Å². The molecule has 1 aromatic heterocycles. The van der Waals surface area contributed by atoms with Gasteiger partial charge in [-0.1, -0.05) is 166 Å². The summed E-state index contributed by atoms with van der Waals surface area (Å²) in [5.41, 5.74) is 21.2. The smallest absolute Gasteiger partial charge is 0.0629 e. The Hall–Kier alpha value is -7.16. The maximum absolute atomic E-state index is 3.93. The van der Waals surface area contributed by atoms with E-state index in [4.69, 9.17) is 0 Å². The Labute approximate surface area is 332 Å². The lowest BCUT2D eigenvalue weighted by Crippen LogP contribution is -2.15. The molecule has 12 rings (SSSR count). The van der Waals surface area contributed by atoms with Crippen LogP contribution in [-0.2, 0) is 5.41 Å². The molecule has 10 aromatic rings. The molecule has 2 heteroatoms. The average Bonchev–Trinajstić information content (AvgIpc) is 3.68. The fourth-order valence-corrected chi connectivity index (χ4v) is 10.1. The van der Waals surface area contributed by atoms with Crippen LogP contribution >= 0.6 is 0 Å². The van der Waals surface area contributed by atoms with Crippen LogP contribution in [0.4, 0.5) is 11.4 Å². The summed E-state index contributed by atoms with van der Waals surface area (Å²) in [7, 11) is 0. The molecule has 1 N–H and O–H groups in total. The fraction of sp³-hybridized carbons (Fsp3) is 0.0545. The zero-order valence-corrected chi connectivity index (χ0v) is 31.8. The number of nitrogens with zero attached hydrogens (tertiary/aromatic N) is 1. The monoisotopic (exact) mass is 726 g/mol. The third-order valence-corrected chi connectivity index (χ3v) is 12.7. The summed E-state index contributed by atoms with van der Waals surface area (Å²) in [5, 5.41) is 8.95. The molecule has 2 heterocycles. The van der Waals surface area contributed by atoms with Crippen LogP contribution in [0.25, 0.3) is 93.9 Å². The first-order valence-electron chi connectivity index (χ1n) is 19.9. The first-order chi connectivity index (χ1) is 28.1. The molecule has 0 bridgehead atoms. The second-order valence-electron chi connectivity index (χ2n) is 16.1. The number of para-hydroxylation sites is 2. The topological polar surface area (TPSA) is 17.0 Å². The molecule has 0 saturated carbocycles. The fourth-order valence-electron chi connectivity index (χ4n) is 10.1. The first-order valence-corrected chi connectivity index (χ1v) is 19.9. The zero-order valence-electron chi connectivity index (χ0n) is 31.8. The quantitative estimate of drug-likeness (QED) is 0.187. The number of nitrogens with one attached hydrogen (secondary N) is 1. The van der Waals surface area contributed by atoms with Crippen LogP contribution in [0.5, 0.6) is 0 Å². The van der Waals surface area contributed by atoms with Crippen molar-refractivity contribution in [3.05, 3.63) is 199 Å². The van der Waals surface area contributed by atoms with E-state index in [1.54, 1.807) is 0 Å². The summed E-state index contributed by atoms with van der Waals surface area (Å²) < 4.78 is 2.57. The normalized spacial score (nSPS) is 13.2. The summed E-state index contributed by atoms with van der Waals surface area (Å²) >= 11 is 0. The molecule has 0 unspecified atom stereocenters. The highest BCUT2D eigenvalue weighted by Crippen LogP contribution is 2.59. The Morgan fingerprint density at radius 1 is 0.404 bits per heavy atom. The first kappa shape index (κ1) is 32.1. The average molecular weight is 727 g/mol. The standard InChI is InChI=1S/C55H38N2/c1-55(2)45-26-14-25-41-40-20-9-11-28-49(40)57-50-29-12-10-21-42(50)51-44(33-46(55)53(52(41)45)54(51)57)38-22-13-24-39-37(38)23-15-27-47(39)56-48-31-30-36(34-16-5-3-6-17-34)32-43(48)35-18-7-4-8-19-35/h3-33,56H,1-2H3. The molecular weight excluding hydrogens is 689 g/mol. The minimum Gasteiger partial charge on any atom is -0.355 e. The van der Waals surface area contributed by atoms with Crippen LogP contribution in [-0.4, -0.2) is 4.57 Å². The van der Waals surface area contributed by atoms with Crippen LogP contribution in [0, 0.1) is 0 Å². The van der Waals surface area contributed by atoms with Gasteiger partial charge in [-0.25, -0.2) is 0 Å². The Bertz CT molecular complexity index is 3280. The van der Waals surface area contributed by atoms with Crippen LogP contribution in [0.2, 0.25) is 0 Å². The molecule has 0 atom stereocenters. The number of aromatic nitrogens is 1. The van der Waals surface area contributed by atoms with Crippen molar-refractivity contribution in [1.82, 2.24) is 4.57 Å². The third-order valence-electron chi connectivity index (χ3n) is 12.7. The maximum atomic E-state index is 3.93. The van der Waals surface area contributed by atoms with E-state index in [0.717, 1.165) is 11.4 Å². The SMILES string of the molecule is CC1(C)c2cccc3c2-c2c1cc(-c1cccc4c(Nc5ccc(-c6ccccc6)cc5-c5ccccc5)cccc14)c1c4ccccc4n(c21)-c1ccccc1-3. The lowest BCUT2D eigenvalue weighted by Gasteiger charge is -2.24. The van der Waals surface area contributed by atoms with Gasteiger partial charge in [0, 0.05) is 49.6 Å². The van der Waals surface area contributed by atoms with Gasteiger partial charge in [0.15, 0.2) is 0 Å². The number of hydrogen-bond acceptors (Lipinski definition) is 1. The molecule has 2 aliphatic rings. The Balaban J connectivity index is 1.11. The lowest BCUT2D eigenvalue weighted by molar-refractivity contribution is 0.661. The van der Waals surface area contributed by atoms with Crippen molar-refractivity contribution in [2.75, 3.05) is 5.32 Å². The van der Waals surface area contributed by atoms with Gasteiger partial charge in [0.2, 0.25) is 0 Å². The van der Waals surface area contributed by atoms with Crippen LogP contribution in [0.1, 0.15) is 25.0 Å². The van der Waals surface area contributed by atoms with Crippen molar-refractivity contribution < 1.29 is 0 Å². The van der Waals surface area contributed by atoms with Crippen LogP contribution in [0.3, 0.4) is 0 Å². The Morgan fingerprint density at radius 2 is 1.07 bits per heavy atom. The van der Waals surface area contributed by atoms with Crippen LogP contribution < -0.4 is 5.32 Å². The van der Waals surface area contributed by atoms with Crippen molar-refractivity contribution >= 4 is 44.0 Å². The van der Waals surface area contributed by atoms with Crippen molar-refractivity contribution in [2.24, 2.45) is 0 Å². The minimum absolute atomic E-state index is 0.172. The summed E-state index contributed by atoms with van der Waals surface area (Å²) in [6.45, 7) is 4.83. The molecule has 1 aliphatic carbocycles. The molecule has 0 fully saturated rings. The number of anilines is 2. The largest absolute Gasteiger partial charge is 0.355 e. The van der Waals surface area contributed by atoms with E-state index in [0.29, 0.717) is 0 Å². The van der Waals surface area contributed by atoms with E-state index in [2.05, 4.69) is 212 Å². The predicted octanol–water partition coefficient (Wildman–Crippen LogP) is 15.0. The molecule has 0 saturated heterocycles. The molecular formula is C55H38N2. The van der Waals surface area contributed by atoms with Gasteiger partial charge in [-0.15, -0.1) is 0 Å². The molecule has 1 aliphatic heterocycles. The summed E-state index contributed by atoms with van der Waals surface area (Å²) in [5.74, 6) is 0. The predicted molar refractivity (Wildman–Crippen MR) is 241 cm³/mol. The van der Waals surface area contributed by atoms with E-state index in [1.807, 2.05) is 0 Å². The molecule has 57 heavy (non-hydrogen) atoms. The lowest BCUT2D eigenvalue weighted by atomic mass is 9.80. The zero-order chi connectivity index (χ0) is 37.8. The van der Waals surface area contributed by atoms with E-state index < -0.39 is 0 Å². The molecule has 2 nitrogen and oxygen atoms in total. The number of benzene rings is 9. The maximum Gasteiger partial charge on any atom is 0.0629 e. The van der Waals surface area contributed by atoms with E-state index in [9.17, 15) is 0 Å². The highest BCUT2D eigenvalue weighted by Gasteiger charge is 2.42. The van der Waals surface area contributed by atoms with Gasteiger partial charge < -0.3 is 9.88 Å². The van der Waals surface area contributed by atoms with E-state index >= 15 is 0 Å². The molecule has 0 spiro atoms. The van der Waals surface area contributed by atoms with Crippen molar-refractivity contribution in [3.63, 3.8) is 0 Å². The summed E-state index contributed by atoms with van der Waals surface area (Å²) in [4.78, 5) is 0. The molecule has 0 radical (unpaired) electrons. The number of fused-ring (bicyclic) bond motifs is 7. The summed E-state index contributed by atoms with van der Waals surface area (Å²) in [6.07, 6.45) is 0. The minimum atomic E-state index is -0.172. The van der Waals surface area contributed by atoms with Gasteiger partial charge in [-0.3, -0.25) is 0 Å². The third kappa shape index (κ3) is 4.53. The Morgan fingerprint density at radius 3 is 1.93 bits per heavy atom. The number of hydrogen-bond donors (Lipinski definition) is 1. The molecule has 9 aromatic carbocycles. The second-order valence-corrected chi connectivity index (χ2v) is 16.1. The highest BCUT2D eigenvalue weighted by molar-refractivity contribution is 6.25. The molecule has 0 amide bonds. The van der Waals surface area contributed by atoms with Gasteiger partial charge in [-0.05, 0) is 91.9 Å². The molecule has 268 valence electrons. The van der Waals surface area contributed by atoms with Crippen molar-refractivity contribution in [2.45, 2.75) is 19.3 Å². The number of rotatable bonds is 5. The van der Waals surface area contributed by atoms with Gasteiger partial charge in [-0.2, -0.15) is 0 Å². The van der Waals surface area contributed by atoms with E-state index in [-0.39, 0.29) is 5.41 Å². The van der Waals surface area contributed by atoms with Crippen molar-refractivity contribution in [1.29, 1.82) is 0 Å².